The van der Waals surface area contributed by atoms with E-state index < -0.39 is 12.6 Å². The zero-order valence-electron chi connectivity index (χ0n) is 16.0. The first-order valence-corrected chi connectivity index (χ1v) is 9.93. The largest absolute Gasteiger partial charge is 0.493 e. The number of carbonyl (C=O) groups excluding carboxylic acids is 1. The molecule has 158 valence electrons. The lowest BCUT2D eigenvalue weighted by molar-refractivity contribution is -0.129. The average Bonchev–Trinajstić information content (AvgIpc) is 3.36. The molecular weight excluding hydrogens is 418 g/mol. The summed E-state index contributed by atoms with van der Waals surface area (Å²) in [5.41, 5.74) is 0.567. The third kappa shape index (κ3) is 4.44. The Morgan fingerprint density at radius 3 is 2.73 bits per heavy atom. The van der Waals surface area contributed by atoms with Gasteiger partial charge in [0, 0.05) is 23.5 Å². The van der Waals surface area contributed by atoms with Crippen LogP contribution in [0, 0.1) is 0 Å². The van der Waals surface area contributed by atoms with Crippen LogP contribution < -0.4 is 14.4 Å². The number of hydrogen-bond donors (Lipinski definition) is 0. The molecule has 2 aliphatic heterocycles. The number of halogens is 2. The summed E-state index contributed by atoms with van der Waals surface area (Å²) in [5.74, 6) is -0.556. The van der Waals surface area contributed by atoms with Crippen molar-refractivity contribution in [2.75, 3.05) is 38.3 Å². The van der Waals surface area contributed by atoms with Crippen molar-refractivity contribution in [2.24, 2.45) is 4.99 Å². The minimum absolute atomic E-state index is 0.0677. The molecule has 7 nitrogen and oxygen atoms in total. The highest BCUT2D eigenvalue weighted by atomic mass is 32.1. The van der Waals surface area contributed by atoms with E-state index in [-0.39, 0.29) is 23.1 Å². The molecule has 30 heavy (non-hydrogen) atoms. The first-order chi connectivity index (χ1) is 14.5. The van der Waals surface area contributed by atoms with E-state index in [9.17, 15) is 13.6 Å². The second-order valence-corrected chi connectivity index (χ2v) is 7.45. The number of hydrogen-bond acceptors (Lipinski definition) is 8. The van der Waals surface area contributed by atoms with Gasteiger partial charge in [0.05, 0.1) is 25.3 Å². The highest BCUT2D eigenvalue weighted by molar-refractivity contribution is 7.16. The normalized spacial score (nSPS) is 18.0. The van der Waals surface area contributed by atoms with Crippen LogP contribution in [-0.4, -0.2) is 51.9 Å². The van der Waals surface area contributed by atoms with Gasteiger partial charge in [-0.1, -0.05) is 0 Å². The average molecular weight is 436 g/mol. The minimum Gasteiger partial charge on any atom is -0.493 e. The molecule has 0 N–H and O–H groups in total. The van der Waals surface area contributed by atoms with Crippen LogP contribution in [0.4, 0.5) is 13.8 Å². The topological polar surface area (TPSA) is 69.6 Å². The van der Waals surface area contributed by atoms with E-state index in [4.69, 9.17) is 14.2 Å². The molecule has 1 saturated heterocycles. The van der Waals surface area contributed by atoms with Crippen molar-refractivity contribution >= 4 is 34.3 Å². The van der Waals surface area contributed by atoms with Gasteiger partial charge in [-0.05, 0) is 36.4 Å². The Morgan fingerprint density at radius 1 is 1.20 bits per heavy atom. The number of carbonyl (C=O) groups is 1. The van der Waals surface area contributed by atoms with E-state index >= 15 is 0 Å². The molecule has 1 aromatic carbocycles. The van der Waals surface area contributed by atoms with Gasteiger partial charge in [-0.2, -0.15) is 8.78 Å². The van der Waals surface area contributed by atoms with Crippen molar-refractivity contribution in [2.45, 2.75) is 6.61 Å². The molecule has 2 aromatic rings. The number of benzene rings is 1. The molecule has 0 bridgehead atoms. The molecule has 4 rings (SSSR count). The highest BCUT2D eigenvalue weighted by Gasteiger charge is 2.26. The standard InChI is InChI=1S/C20H18F2N2O5S/c1-26-16-10-12(2-4-15(16)28-20(21)22)18-23-14(19(25)29-18)11-13-3-5-17(30-13)24-6-8-27-9-7-24/h2-5,10-11,20H,6-9H2,1H3/b14-11-. The Bertz CT molecular complexity index is 999. The van der Waals surface area contributed by atoms with Gasteiger partial charge in [0.1, 0.15) is 0 Å². The molecule has 0 saturated carbocycles. The second kappa shape index (κ2) is 8.80. The van der Waals surface area contributed by atoms with Crippen LogP contribution in [0.15, 0.2) is 41.0 Å². The third-order valence-corrected chi connectivity index (χ3v) is 5.55. The molecule has 0 spiro atoms. The molecule has 1 aromatic heterocycles. The maximum absolute atomic E-state index is 12.5. The van der Waals surface area contributed by atoms with Crippen LogP contribution in [0.5, 0.6) is 11.5 Å². The van der Waals surface area contributed by atoms with Crippen molar-refractivity contribution in [1.29, 1.82) is 0 Å². The SMILES string of the molecule is COc1cc(C2=N/C(=C\c3ccc(N4CCOCC4)s3)C(=O)O2)ccc1OC(F)F. The maximum atomic E-state index is 12.5. The smallest absolute Gasteiger partial charge is 0.387 e. The van der Waals surface area contributed by atoms with Crippen LogP contribution >= 0.6 is 11.3 Å². The summed E-state index contributed by atoms with van der Waals surface area (Å²) in [5, 5.41) is 1.10. The number of rotatable bonds is 6. The van der Waals surface area contributed by atoms with E-state index in [2.05, 4.69) is 14.6 Å². The molecular formula is C20H18F2N2O5S. The lowest BCUT2D eigenvalue weighted by Gasteiger charge is -2.27. The van der Waals surface area contributed by atoms with Crippen molar-refractivity contribution in [3.8, 4) is 11.5 Å². The van der Waals surface area contributed by atoms with Crippen LogP contribution in [0.3, 0.4) is 0 Å². The Morgan fingerprint density at radius 2 is 2.00 bits per heavy atom. The molecule has 0 amide bonds. The van der Waals surface area contributed by atoms with Crippen LogP contribution in [0.2, 0.25) is 0 Å². The van der Waals surface area contributed by atoms with E-state index in [1.807, 2.05) is 12.1 Å². The predicted molar refractivity (Wildman–Crippen MR) is 108 cm³/mol. The van der Waals surface area contributed by atoms with Crippen molar-refractivity contribution in [1.82, 2.24) is 0 Å². The third-order valence-electron chi connectivity index (χ3n) is 4.46. The van der Waals surface area contributed by atoms with Crippen molar-refractivity contribution in [3.63, 3.8) is 0 Å². The van der Waals surface area contributed by atoms with Gasteiger partial charge in [-0.25, -0.2) is 9.79 Å². The molecule has 0 unspecified atom stereocenters. The number of cyclic esters (lactones) is 1. The molecule has 0 aliphatic carbocycles. The van der Waals surface area contributed by atoms with E-state index in [0.29, 0.717) is 18.8 Å². The van der Waals surface area contributed by atoms with Gasteiger partial charge in [-0.15, -0.1) is 11.3 Å². The Kier molecular flexibility index (Phi) is 5.96. The summed E-state index contributed by atoms with van der Waals surface area (Å²) < 4.78 is 45.1. The van der Waals surface area contributed by atoms with Gasteiger partial charge < -0.3 is 23.8 Å². The molecule has 2 aliphatic rings. The Labute approximate surface area is 175 Å². The molecule has 0 radical (unpaired) electrons. The quantitative estimate of drug-likeness (QED) is 0.510. The number of ether oxygens (including phenoxy) is 4. The number of anilines is 1. The Balaban J connectivity index is 1.55. The number of esters is 1. The number of aliphatic imine (C=N–C) groups is 1. The zero-order valence-corrected chi connectivity index (χ0v) is 16.8. The molecule has 10 heteroatoms. The number of morpholine rings is 1. The summed E-state index contributed by atoms with van der Waals surface area (Å²) >= 11 is 1.55. The Hall–Kier alpha value is -2.98. The zero-order chi connectivity index (χ0) is 21.1. The van der Waals surface area contributed by atoms with Crippen molar-refractivity contribution < 1.29 is 32.5 Å². The lowest BCUT2D eigenvalue weighted by atomic mass is 10.2. The second-order valence-electron chi connectivity index (χ2n) is 6.36. The summed E-state index contributed by atoms with van der Waals surface area (Å²) in [4.78, 5) is 19.6. The fourth-order valence-corrected chi connectivity index (χ4v) is 4.03. The minimum atomic E-state index is -2.98. The van der Waals surface area contributed by atoms with Crippen molar-refractivity contribution in [3.05, 3.63) is 46.5 Å². The number of nitrogens with zero attached hydrogens (tertiary/aromatic N) is 2. The lowest BCUT2D eigenvalue weighted by Crippen LogP contribution is -2.35. The summed E-state index contributed by atoms with van der Waals surface area (Å²) in [6, 6.07) is 8.13. The predicted octanol–water partition coefficient (Wildman–Crippen LogP) is 3.54. The molecule has 0 atom stereocenters. The number of alkyl halides is 2. The number of methoxy groups -OCH3 is 1. The molecule has 3 heterocycles. The van der Waals surface area contributed by atoms with E-state index in [1.165, 1.54) is 25.3 Å². The summed E-state index contributed by atoms with van der Waals surface area (Å²) in [6.45, 7) is 0.0637. The fourth-order valence-electron chi connectivity index (χ4n) is 3.03. The van der Waals surface area contributed by atoms with E-state index in [0.717, 1.165) is 23.0 Å². The first-order valence-electron chi connectivity index (χ1n) is 9.12. The van der Waals surface area contributed by atoms with Gasteiger partial charge in [-0.3, -0.25) is 0 Å². The summed E-state index contributed by atoms with van der Waals surface area (Å²) in [6.07, 6.45) is 1.66. The van der Waals surface area contributed by atoms with Gasteiger partial charge in [0.15, 0.2) is 17.2 Å². The summed E-state index contributed by atoms with van der Waals surface area (Å²) in [7, 11) is 1.33. The van der Waals surface area contributed by atoms with Crippen LogP contribution in [0.1, 0.15) is 10.4 Å². The monoisotopic (exact) mass is 436 g/mol. The van der Waals surface area contributed by atoms with Gasteiger partial charge in [0.2, 0.25) is 5.90 Å². The first kappa shape index (κ1) is 20.3. The highest BCUT2D eigenvalue weighted by Crippen LogP contribution is 2.32. The van der Waals surface area contributed by atoms with Crippen LogP contribution in [-0.2, 0) is 14.3 Å². The fraction of sp³-hybridized carbons (Fsp3) is 0.300. The van der Waals surface area contributed by atoms with E-state index in [1.54, 1.807) is 17.4 Å². The maximum Gasteiger partial charge on any atom is 0.387 e. The molecule has 1 fully saturated rings. The van der Waals surface area contributed by atoms with Crippen LogP contribution in [0.25, 0.3) is 6.08 Å². The van der Waals surface area contributed by atoms with Gasteiger partial charge >= 0.3 is 12.6 Å². The number of thiophene rings is 1. The van der Waals surface area contributed by atoms with Gasteiger partial charge in [0.25, 0.3) is 0 Å².